The molecule has 0 saturated heterocycles. The number of aromatic nitrogens is 2. The number of benzene rings is 1. The maximum absolute atomic E-state index is 13.0. The van der Waals surface area contributed by atoms with E-state index in [2.05, 4.69) is 13.8 Å². The smallest absolute Gasteiger partial charge is 0.290 e. The molecule has 1 aromatic heterocycles. The minimum Gasteiger partial charge on any atom is -0.393 e. The van der Waals surface area contributed by atoms with Gasteiger partial charge >= 0.3 is 0 Å². The Balaban J connectivity index is 2.44. The summed E-state index contributed by atoms with van der Waals surface area (Å²) in [6, 6.07) is 6.20. The predicted molar refractivity (Wildman–Crippen MR) is 82.9 cm³/mol. The molecule has 4 nitrogen and oxygen atoms in total. The first-order valence-corrected chi connectivity index (χ1v) is 7.40. The van der Waals surface area contributed by atoms with Gasteiger partial charge in [0, 0.05) is 6.54 Å². The van der Waals surface area contributed by atoms with Gasteiger partial charge in [-0.05, 0) is 30.5 Å². The number of hydrogen-bond acceptors (Lipinski definition) is 2. The van der Waals surface area contributed by atoms with Gasteiger partial charge in [0.2, 0.25) is 0 Å². The van der Waals surface area contributed by atoms with Gasteiger partial charge < -0.3 is 5.73 Å². The summed E-state index contributed by atoms with van der Waals surface area (Å²) < 4.78 is 16.6. The quantitative estimate of drug-likeness (QED) is 0.889. The van der Waals surface area contributed by atoms with E-state index >= 15 is 0 Å². The number of halogens is 1. The van der Waals surface area contributed by atoms with Crippen LogP contribution in [0.3, 0.4) is 0 Å². The van der Waals surface area contributed by atoms with Crippen molar-refractivity contribution in [3.8, 4) is 0 Å². The van der Waals surface area contributed by atoms with Crippen LogP contribution in [-0.2, 0) is 19.5 Å². The van der Waals surface area contributed by atoms with E-state index in [4.69, 9.17) is 5.73 Å². The second kappa shape index (κ2) is 6.61. The van der Waals surface area contributed by atoms with Gasteiger partial charge in [0.05, 0.1) is 12.2 Å². The van der Waals surface area contributed by atoms with E-state index < -0.39 is 0 Å². The van der Waals surface area contributed by atoms with Crippen molar-refractivity contribution in [2.45, 2.75) is 46.2 Å². The molecule has 1 heterocycles. The lowest BCUT2D eigenvalue weighted by atomic mass is 10.2. The third-order valence-electron chi connectivity index (χ3n) is 3.55. The van der Waals surface area contributed by atoms with Crippen LogP contribution in [0.15, 0.2) is 29.1 Å². The monoisotopic (exact) mass is 291 g/mol. The molecule has 0 amide bonds. The highest BCUT2D eigenvalue weighted by atomic mass is 19.1. The Labute approximate surface area is 124 Å². The molecule has 114 valence electrons. The molecule has 2 aromatic rings. The maximum Gasteiger partial charge on any atom is 0.290 e. The molecule has 0 saturated carbocycles. The van der Waals surface area contributed by atoms with Crippen molar-refractivity contribution in [1.82, 2.24) is 9.36 Å². The molecule has 1 aromatic carbocycles. The second-order valence-corrected chi connectivity index (χ2v) is 5.22. The van der Waals surface area contributed by atoms with E-state index in [0.29, 0.717) is 12.2 Å². The number of hydrogen-bond donors (Lipinski definition) is 1. The highest BCUT2D eigenvalue weighted by Gasteiger charge is 2.16. The molecule has 0 spiro atoms. The van der Waals surface area contributed by atoms with Gasteiger partial charge in [0.15, 0.2) is 0 Å². The molecule has 2 N–H and O–H groups in total. The van der Waals surface area contributed by atoms with Crippen LogP contribution in [0.5, 0.6) is 0 Å². The van der Waals surface area contributed by atoms with Crippen molar-refractivity contribution >= 4 is 5.69 Å². The van der Waals surface area contributed by atoms with Gasteiger partial charge in [0.25, 0.3) is 5.56 Å². The lowest BCUT2D eigenvalue weighted by Gasteiger charge is -2.14. The molecule has 0 aliphatic heterocycles. The fourth-order valence-electron chi connectivity index (χ4n) is 2.54. The number of nitrogens with zero attached hydrogens (tertiary/aromatic N) is 2. The Morgan fingerprint density at radius 2 is 1.76 bits per heavy atom. The van der Waals surface area contributed by atoms with Crippen LogP contribution in [0.2, 0.25) is 0 Å². The third-order valence-corrected chi connectivity index (χ3v) is 3.55. The van der Waals surface area contributed by atoms with Gasteiger partial charge in [-0.15, -0.1) is 0 Å². The molecule has 0 aliphatic carbocycles. The summed E-state index contributed by atoms with van der Waals surface area (Å²) in [6.07, 6.45) is 2.65. The summed E-state index contributed by atoms with van der Waals surface area (Å²) in [5.74, 6) is -0.277. The summed E-state index contributed by atoms with van der Waals surface area (Å²) in [4.78, 5) is 12.4. The highest BCUT2D eigenvalue weighted by molar-refractivity contribution is 5.42. The molecule has 5 heteroatoms. The van der Waals surface area contributed by atoms with Gasteiger partial charge in [-0.25, -0.2) is 9.07 Å². The molecule has 0 fully saturated rings. The lowest BCUT2D eigenvalue weighted by molar-refractivity contribution is 0.449. The van der Waals surface area contributed by atoms with E-state index in [1.165, 1.54) is 12.1 Å². The van der Waals surface area contributed by atoms with Gasteiger partial charge in [-0.2, -0.15) is 0 Å². The van der Waals surface area contributed by atoms with Crippen LogP contribution in [0.1, 0.15) is 37.9 Å². The van der Waals surface area contributed by atoms with Crippen molar-refractivity contribution < 1.29 is 4.39 Å². The highest BCUT2D eigenvalue weighted by Crippen LogP contribution is 2.14. The van der Waals surface area contributed by atoms with E-state index in [1.54, 1.807) is 16.8 Å². The summed E-state index contributed by atoms with van der Waals surface area (Å²) in [5.41, 5.74) is 7.96. The van der Waals surface area contributed by atoms with Crippen molar-refractivity contribution in [1.29, 1.82) is 0 Å². The van der Waals surface area contributed by atoms with Crippen molar-refractivity contribution in [3.63, 3.8) is 0 Å². The molecule has 0 radical (unpaired) electrons. The fourth-order valence-corrected chi connectivity index (χ4v) is 2.54. The van der Waals surface area contributed by atoms with Crippen LogP contribution >= 0.6 is 0 Å². The first-order chi connectivity index (χ1) is 10.1. The van der Waals surface area contributed by atoms with Gasteiger partial charge in [-0.3, -0.25) is 9.48 Å². The van der Waals surface area contributed by atoms with E-state index in [9.17, 15) is 9.18 Å². The summed E-state index contributed by atoms with van der Waals surface area (Å²) in [7, 11) is 0. The molecular formula is C16H22FN3O. The number of anilines is 1. The van der Waals surface area contributed by atoms with Crippen LogP contribution in [0, 0.1) is 5.82 Å². The molecular weight excluding hydrogens is 269 g/mol. The number of nitrogen functional groups attached to an aromatic ring is 1. The van der Waals surface area contributed by atoms with Gasteiger partial charge in [0.1, 0.15) is 11.5 Å². The topological polar surface area (TPSA) is 53.0 Å². The van der Waals surface area contributed by atoms with Crippen molar-refractivity contribution in [3.05, 3.63) is 51.7 Å². The standard InChI is InChI=1S/C16H22FN3O/c1-3-5-14-15(18)16(21)20(19(14)10-4-2)11-12-6-8-13(17)9-7-12/h6-9H,3-5,10-11,18H2,1-2H3. The summed E-state index contributed by atoms with van der Waals surface area (Å²) >= 11 is 0. The lowest BCUT2D eigenvalue weighted by Crippen LogP contribution is -2.25. The van der Waals surface area contributed by atoms with Crippen molar-refractivity contribution in [2.75, 3.05) is 5.73 Å². The Kier molecular flexibility index (Phi) is 4.83. The van der Waals surface area contributed by atoms with Gasteiger partial charge in [-0.1, -0.05) is 32.4 Å². The Morgan fingerprint density at radius 1 is 1.10 bits per heavy atom. The molecule has 0 bridgehead atoms. The largest absolute Gasteiger partial charge is 0.393 e. The zero-order valence-corrected chi connectivity index (χ0v) is 12.6. The Morgan fingerprint density at radius 3 is 2.33 bits per heavy atom. The molecule has 0 aliphatic rings. The number of nitrogens with two attached hydrogens (primary N) is 1. The predicted octanol–water partition coefficient (Wildman–Crippen LogP) is 2.78. The van der Waals surface area contributed by atoms with Crippen LogP contribution in [0.4, 0.5) is 10.1 Å². The SMILES string of the molecule is CCCc1c(N)c(=O)n(Cc2ccc(F)cc2)n1CCC. The minimum atomic E-state index is -0.277. The molecule has 2 rings (SSSR count). The first kappa shape index (κ1) is 15.4. The Hall–Kier alpha value is -2.04. The number of rotatable bonds is 6. The average molecular weight is 291 g/mol. The minimum absolute atomic E-state index is 0.156. The zero-order valence-electron chi connectivity index (χ0n) is 12.6. The fraction of sp³-hybridized carbons (Fsp3) is 0.438. The van der Waals surface area contributed by atoms with Crippen LogP contribution < -0.4 is 11.3 Å². The Bertz CT molecular complexity index is 655. The third kappa shape index (κ3) is 3.17. The van der Waals surface area contributed by atoms with E-state index in [0.717, 1.165) is 37.1 Å². The molecule has 21 heavy (non-hydrogen) atoms. The van der Waals surface area contributed by atoms with Crippen LogP contribution in [-0.4, -0.2) is 9.36 Å². The first-order valence-electron chi connectivity index (χ1n) is 7.40. The maximum atomic E-state index is 13.0. The summed E-state index contributed by atoms with van der Waals surface area (Å²) in [5, 5.41) is 0. The normalized spacial score (nSPS) is 11.0. The second-order valence-electron chi connectivity index (χ2n) is 5.22. The van der Waals surface area contributed by atoms with Crippen LogP contribution in [0.25, 0.3) is 0 Å². The molecule has 0 atom stereocenters. The van der Waals surface area contributed by atoms with E-state index in [-0.39, 0.29) is 11.4 Å². The molecule has 0 unspecified atom stereocenters. The van der Waals surface area contributed by atoms with E-state index in [1.807, 2.05) is 4.68 Å². The average Bonchev–Trinajstić information content (AvgIpc) is 2.68. The summed E-state index contributed by atoms with van der Waals surface area (Å²) in [6.45, 7) is 5.30. The van der Waals surface area contributed by atoms with Crippen molar-refractivity contribution in [2.24, 2.45) is 0 Å². The zero-order chi connectivity index (χ0) is 15.4.